The van der Waals surface area contributed by atoms with Gasteiger partial charge < -0.3 is 15.6 Å². The number of amides is 2. The molecule has 0 atom stereocenters. The van der Waals surface area contributed by atoms with Crippen LogP contribution in [-0.2, 0) is 11.2 Å². The Morgan fingerprint density at radius 1 is 1.00 bits per heavy atom. The van der Waals surface area contributed by atoms with Crippen LogP contribution in [0.3, 0.4) is 0 Å². The fourth-order valence-electron chi connectivity index (χ4n) is 3.01. The summed E-state index contributed by atoms with van der Waals surface area (Å²) in [5.74, 6) is -0.585. The van der Waals surface area contributed by atoms with Crippen molar-refractivity contribution in [3.8, 4) is 0 Å². The number of aromatic amines is 1. The minimum Gasteiger partial charge on any atom is -0.361 e. The van der Waals surface area contributed by atoms with Gasteiger partial charge >= 0.3 is 0 Å². The lowest BCUT2D eigenvalue weighted by molar-refractivity contribution is -0.117. The van der Waals surface area contributed by atoms with Crippen molar-refractivity contribution in [3.63, 3.8) is 0 Å². The van der Waals surface area contributed by atoms with Crippen LogP contribution in [-0.4, -0.2) is 23.3 Å². The van der Waals surface area contributed by atoms with Crippen LogP contribution in [0.2, 0.25) is 0 Å². The molecule has 3 N–H and O–H groups in total. The molecule has 0 bridgehead atoms. The van der Waals surface area contributed by atoms with Gasteiger partial charge in [-0.3, -0.25) is 9.59 Å². The van der Waals surface area contributed by atoms with E-state index >= 15 is 0 Å². The molecule has 3 heterocycles. The van der Waals surface area contributed by atoms with Crippen molar-refractivity contribution in [2.24, 2.45) is 0 Å². The summed E-state index contributed by atoms with van der Waals surface area (Å²) in [6, 6.07) is 15.4. The lowest BCUT2D eigenvalue weighted by Gasteiger charge is -2.10. The molecule has 29 heavy (non-hydrogen) atoms. The van der Waals surface area contributed by atoms with Crippen molar-refractivity contribution in [2.75, 3.05) is 6.54 Å². The summed E-state index contributed by atoms with van der Waals surface area (Å²) >= 11 is 2.85. The van der Waals surface area contributed by atoms with Gasteiger partial charge in [0.1, 0.15) is 5.70 Å². The van der Waals surface area contributed by atoms with E-state index in [1.54, 1.807) is 12.1 Å². The largest absolute Gasteiger partial charge is 0.361 e. The normalized spacial score (nSPS) is 11.5. The molecular weight excluding hydrogens is 402 g/mol. The van der Waals surface area contributed by atoms with E-state index in [0.29, 0.717) is 17.8 Å². The third kappa shape index (κ3) is 4.64. The Balaban J connectivity index is 1.44. The van der Waals surface area contributed by atoms with E-state index < -0.39 is 0 Å². The van der Waals surface area contributed by atoms with Crippen molar-refractivity contribution in [1.82, 2.24) is 15.6 Å². The van der Waals surface area contributed by atoms with Crippen LogP contribution in [0.5, 0.6) is 0 Å². The molecule has 5 nitrogen and oxygen atoms in total. The van der Waals surface area contributed by atoms with Gasteiger partial charge in [-0.1, -0.05) is 30.3 Å². The van der Waals surface area contributed by atoms with Crippen LogP contribution in [0.1, 0.15) is 20.1 Å². The third-order valence-corrected chi connectivity index (χ3v) is 6.11. The van der Waals surface area contributed by atoms with Crippen LogP contribution >= 0.6 is 22.7 Å². The average molecular weight is 422 g/mol. The summed E-state index contributed by atoms with van der Waals surface area (Å²) in [6.45, 7) is 0.470. The number of thiophene rings is 2. The molecule has 0 saturated carbocycles. The highest BCUT2D eigenvalue weighted by molar-refractivity contribution is 7.12. The Labute approximate surface area is 176 Å². The molecule has 1 aromatic carbocycles. The predicted molar refractivity (Wildman–Crippen MR) is 119 cm³/mol. The number of para-hydroxylation sites is 1. The molecule has 0 spiro atoms. The number of rotatable bonds is 7. The van der Waals surface area contributed by atoms with Gasteiger partial charge in [-0.15, -0.1) is 22.7 Å². The topological polar surface area (TPSA) is 74.0 Å². The number of carbonyl (C=O) groups is 2. The van der Waals surface area contributed by atoms with Gasteiger partial charge in [0, 0.05) is 28.5 Å². The monoisotopic (exact) mass is 421 g/mol. The van der Waals surface area contributed by atoms with E-state index in [1.807, 2.05) is 53.4 Å². The van der Waals surface area contributed by atoms with Gasteiger partial charge in [-0.2, -0.15) is 0 Å². The number of fused-ring (bicyclic) bond motifs is 1. The van der Waals surface area contributed by atoms with Gasteiger partial charge in [-0.25, -0.2) is 0 Å². The van der Waals surface area contributed by atoms with Gasteiger partial charge in [0.05, 0.1) is 4.88 Å². The molecule has 4 rings (SSSR count). The molecule has 0 aliphatic rings. The van der Waals surface area contributed by atoms with Crippen molar-refractivity contribution in [2.45, 2.75) is 6.42 Å². The second-order valence-electron chi connectivity index (χ2n) is 6.37. The first-order chi connectivity index (χ1) is 14.2. The molecule has 146 valence electrons. The van der Waals surface area contributed by atoms with E-state index in [0.717, 1.165) is 21.3 Å². The van der Waals surface area contributed by atoms with Crippen LogP contribution in [0.4, 0.5) is 0 Å². The fourth-order valence-corrected chi connectivity index (χ4v) is 4.29. The molecule has 3 aromatic heterocycles. The Morgan fingerprint density at radius 3 is 2.62 bits per heavy atom. The summed E-state index contributed by atoms with van der Waals surface area (Å²) in [6.07, 6.45) is 4.37. The van der Waals surface area contributed by atoms with E-state index in [1.165, 1.54) is 22.7 Å². The summed E-state index contributed by atoms with van der Waals surface area (Å²) < 4.78 is 0. The van der Waals surface area contributed by atoms with E-state index in [4.69, 9.17) is 0 Å². The first-order valence-corrected chi connectivity index (χ1v) is 10.9. The van der Waals surface area contributed by atoms with Crippen LogP contribution in [0.15, 0.2) is 71.2 Å². The maximum atomic E-state index is 12.8. The summed E-state index contributed by atoms with van der Waals surface area (Å²) in [5.41, 5.74) is 2.47. The maximum absolute atomic E-state index is 12.8. The second-order valence-corrected chi connectivity index (χ2v) is 8.30. The highest BCUT2D eigenvalue weighted by Crippen LogP contribution is 2.18. The number of H-pyrrole nitrogens is 1. The standard InChI is InChI=1S/C22H19N3O2S2/c26-21(23-10-9-15-14-24-18-7-2-1-6-17(15)18)19(13-16-5-3-11-28-16)25-22(27)20-8-4-12-29-20/h1-8,11-14,24H,9-10H2,(H,23,26)(H,25,27). The van der Waals surface area contributed by atoms with Crippen molar-refractivity contribution in [1.29, 1.82) is 0 Å². The van der Waals surface area contributed by atoms with E-state index in [9.17, 15) is 9.59 Å². The molecule has 0 aliphatic heterocycles. The highest BCUT2D eigenvalue weighted by Gasteiger charge is 2.15. The number of hydrogen-bond acceptors (Lipinski definition) is 4. The molecule has 4 aromatic rings. The molecule has 0 radical (unpaired) electrons. The molecule has 0 saturated heterocycles. The lowest BCUT2D eigenvalue weighted by atomic mass is 10.1. The molecule has 2 amide bonds. The molecule has 0 unspecified atom stereocenters. The average Bonchev–Trinajstić information content (AvgIpc) is 3.49. The smallest absolute Gasteiger partial charge is 0.267 e. The SMILES string of the molecule is O=C(NCCc1c[nH]c2ccccc12)C(=Cc1cccs1)NC(=O)c1cccs1. The van der Waals surface area contributed by atoms with E-state index in [-0.39, 0.29) is 17.5 Å². The second kappa shape index (κ2) is 8.89. The number of hydrogen-bond donors (Lipinski definition) is 3. The summed E-state index contributed by atoms with van der Waals surface area (Å²) in [5, 5.41) is 10.6. The molecule has 0 fully saturated rings. The summed E-state index contributed by atoms with van der Waals surface area (Å²) in [4.78, 5) is 29.9. The summed E-state index contributed by atoms with van der Waals surface area (Å²) in [7, 11) is 0. The van der Waals surface area contributed by atoms with Gasteiger partial charge in [0.2, 0.25) is 0 Å². The van der Waals surface area contributed by atoms with Gasteiger partial charge in [0.15, 0.2) is 0 Å². The quantitative estimate of drug-likeness (QED) is 0.387. The van der Waals surface area contributed by atoms with Gasteiger partial charge in [-0.05, 0) is 47.0 Å². The first kappa shape index (κ1) is 19.2. The number of nitrogens with one attached hydrogen (secondary N) is 3. The lowest BCUT2D eigenvalue weighted by Crippen LogP contribution is -2.35. The molecule has 7 heteroatoms. The number of aromatic nitrogens is 1. The minimum atomic E-state index is -0.303. The Bertz CT molecular complexity index is 1140. The zero-order valence-electron chi connectivity index (χ0n) is 15.5. The van der Waals surface area contributed by atoms with E-state index in [2.05, 4.69) is 21.7 Å². The third-order valence-electron chi connectivity index (χ3n) is 4.42. The van der Waals surface area contributed by atoms with Crippen LogP contribution < -0.4 is 10.6 Å². The zero-order valence-corrected chi connectivity index (χ0v) is 17.1. The number of carbonyl (C=O) groups excluding carboxylic acids is 2. The van der Waals surface area contributed by atoms with Crippen LogP contribution in [0.25, 0.3) is 17.0 Å². The van der Waals surface area contributed by atoms with Gasteiger partial charge in [0.25, 0.3) is 11.8 Å². The Morgan fingerprint density at radius 2 is 1.83 bits per heavy atom. The van der Waals surface area contributed by atoms with Crippen molar-refractivity contribution < 1.29 is 9.59 Å². The van der Waals surface area contributed by atoms with Crippen molar-refractivity contribution in [3.05, 3.63) is 86.5 Å². The highest BCUT2D eigenvalue weighted by atomic mass is 32.1. The first-order valence-electron chi connectivity index (χ1n) is 9.14. The fraction of sp³-hybridized carbons (Fsp3) is 0.0909. The van der Waals surface area contributed by atoms with Crippen molar-refractivity contribution >= 4 is 51.5 Å². The predicted octanol–water partition coefficient (Wildman–Crippen LogP) is 4.42. The van der Waals surface area contributed by atoms with Crippen LogP contribution in [0, 0.1) is 0 Å². The zero-order chi connectivity index (χ0) is 20.1. The number of benzene rings is 1. The molecular formula is C22H19N3O2S2. The maximum Gasteiger partial charge on any atom is 0.267 e. The molecule has 0 aliphatic carbocycles. The Hall–Kier alpha value is -3.16. The minimum absolute atomic E-state index is 0.241. The Kier molecular flexibility index (Phi) is 5.88.